The molecule has 0 aliphatic rings. The highest BCUT2D eigenvalue weighted by molar-refractivity contribution is 9.23. The minimum absolute atomic E-state index is 0.110. The Kier molecular flexibility index (Phi) is 8.62. The highest BCUT2D eigenvalue weighted by Crippen LogP contribution is 2.11. The van der Waals surface area contributed by atoms with Gasteiger partial charge in [-0.1, -0.05) is 50.5 Å². The monoisotopic (exact) mass is 292 g/mol. The van der Waals surface area contributed by atoms with Crippen molar-refractivity contribution in [1.29, 1.82) is 0 Å². The first-order valence-electron chi connectivity index (χ1n) is 6.50. The summed E-state index contributed by atoms with van der Waals surface area (Å²) in [6.45, 7) is 2.25. The molecule has 1 aromatic rings. The van der Waals surface area contributed by atoms with Gasteiger partial charge in [0.1, 0.15) is 0 Å². The zero-order chi connectivity index (χ0) is 11.6. The van der Waals surface area contributed by atoms with Crippen LogP contribution in [-0.2, 0) is 12.8 Å². The van der Waals surface area contributed by atoms with Crippen molar-refractivity contribution < 1.29 is 0 Å². The molecule has 0 saturated heterocycles. The summed E-state index contributed by atoms with van der Waals surface area (Å²) in [6.07, 6.45) is 7.86. The van der Waals surface area contributed by atoms with E-state index in [0.717, 1.165) is 0 Å². The van der Waals surface area contributed by atoms with Crippen molar-refractivity contribution in [2.24, 2.45) is 0 Å². The molecule has 1 rings (SSSR count). The van der Waals surface area contributed by atoms with E-state index in [1.54, 1.807) is 0 Å². The van der Waals surface area contributed by atoms with Crippen LogP contribution in [0.15, 0.2) is 24.3 Å². The van der Waals surface area contributed by atoms with Gasteiger partial charge >= 0.3 is 18.2 Å². The fraction of sp³-hybridized carbons (Fsp3) is 0.571. The summed E-state index contributed by atoms with van der Waals surface area (Å²) in [7, 11) is 0. The van der Waals surface area contributed by atoms with Gasteiger partial charge in [0.15, 0.2) is 0 Å². The maximum absolute atomic E-state index is 3.61. The van der Waals surface area contributed by atoms with Crippen LogP contribution in [0.4, 0.5) is 0 Å². The Morgan fingerprint density at radius 1 is 0.938 bits per heavy atom. The van der Waals surface area contributed by atoms with Crippen molar-refractivity contribution in [3.8, 4) is 0 Å². The summed E-state index contributed by atoms with van der Waals surface area (Å²) < 4.78 is 1.44. The summed E-state index contributed by atoms with van der Waals surface area (Å²) in [4.78, 5) is 0. The molecule has 0 saturated carbocycles. The van der Waals surface area contributed by atoms with Crippen LogP contribution in [-0.4, -0.2) is 18.2 Å². The van der Waals surface area contributed by atoms with E-state index in [1.807, 2.05) is 0 Å². The molecule has 0 fully saturated rings. The molecule has 2 heteroatoms. The normalized spacial score (nSPS) is 10.1. The number of rotatable bonds is 8. The Morgan fingerprint density at radius 2 is 1.50 bits per heavy atom. The first kappa shape index (κ1) is 14.5. The molecule has 0 aromatic heterocycles. The zero-order valence-corrected chi connectivity index (χ0v) is 13.3. The largest absolute Gasteiger partial charge is 0.468 e. The molecule has 0 bridgehead atoms. The molecule has 0 radical (unpaired) electrons. The second-order valence-corrected chi connectivity index (χ2v) is 7.88. The maximum atomic E-state index is 3.61. The molecule has 0 aliphatic carbocycles. The third-order valence-electron chi connectivity index (χ3n) is 2.94. The second kappa shape index (κ2) is 9.49. The lowest BCUT2D eigenvalue weighted by Gasteiger charge is -2.03. The smallest absolute Gasteiger partial charge is 0.307 e. The zero-order valence-electron chi connectivity index (χ0n) is 10.3. The summed E-state index contributed by atoms with van der Waals surface area (Å²) in [5.74, 6) is 0. The molecule has 0 amide bonds. The third-order valence-corrected chi connectivity index (χ3v) is 5.39. The van der Waals surface area contributed by atoms with Crippen molar-refractivity contribution in [3.05, 3.63) is 35.4 Å². The molecule has 0 heterocycles. The van der Waals surface area contributed by atoms with Crippen LogP contribution in [0, 0.1) is 0 Å². The van der Waals surface area contributed by atoms with E-state index in [2.05, 4.69) is 44.1 Å². The second-order valence-electron chi connectivity index (χ2n) is 4.42. The van der Waals surface area contributed by atoms with Gasteiger partial charge in [0.25, 0.3) is 0 Å². The molecule has 86 valence electrons. The Balaban J connectivity index is 2.27. The molecular formula is C14H21BrMg. The Bertz CT molecular complexity index is 269. The summed E-state index contributed by atoms with van der Waals surface area (Å²) in [5.41, 5.74) is 3.01. The number of hydrogen-bond acceptors (Lipinski definition) is 0. The van der Waals surface area contributed by atoms with Crippen LogP contribution >= 0.6 is 12.9 Å². The molecule has 16 heavy (non-hydrogen) atoms. The highest BCUT2D eigenvalue weighted by atomic mass is 79.9. The lowest BCUT2D eigenvalue weighted by molar-refractivity contribution is 0.785. The fourth-order valence-electron chi connectivity index (χ4n) is 1.85. The van der Waals surface area contributed by atoms with Crippen LogP contribution < -0.4 is 0 Å². The molecular weight excluding hydrogens is 272 g/mol. The van der Waals surface area contributed by atoms with Crippen LogP contribution in [0.5, 0.6) is 0 Å². The van der Waals surface area contributed by atoms with E-state index in [9.17, 15) is 0 Å². The Labute approximate surface area is 116 Å². The quantitative estimate of drug-likeness (QED) is 0.478. The molecule has 0 spiro atoms. The van der Waals surface area contributed by atoms with Gasteiger partial charge in [0.2, 0.25) is 0 Å². The number of halogens is 1. The topological polar surface area (TPSA) is 0 Å². The Hall–Kier alpha value is 0.466. The van der Waals surface area contributed by atoms with Crippen molar-refractivity contribution in [1.82, 2.24) is 0 Å². The minimum Gasteiger partial charge on any atom is -0.307 e. The van der Waals surface area contributed by atoms with E-state index >= 15 is 0 Å². The number of aryl methyl sites for hydroxylation is 2. The van der Waals surface area contributed by atoms with E-state index < -0.39 is 0 Å². The van der Waals surface area contributed by atoms with E-state index in [0.29, 0.717) is 0 Å². The summed E-state index contributed by atoms with van der Waals surface area (Å²) in [5, 5.41) is 0. The van der Waals surface area contributed by atoms with Crippen molar-refractivity contribution in [2.75, 3.05) is 0 Å². The molecule has 0 N–H and O–H groups in total. The predicted molar refractivity (Wildman–Crippen MR) is 77.5 cm³/mol. The van der Waals surface area contributed by atoms with Gasteiger partial charge in [-0.15, -0.1) is 4.55 Å². The van der Waals surface area contributed by atoms with Gasteiger partial charge in [-0.3, -0.25) is 0 Å². The molecule has 0 nitrogen and oxygen atoms in total. The van der Waals surface area contributed by atoms with Gasteiger partial charge in [-0.25, -0.2) is 0 Å². The van der Waals surface area contributed by atoms with Crippen LogP contribution in [0.3, 0.4) is 0 Å². The number of benzene rings is 1. The summed E-state index contributed by atoms with van der Waals surface area (Å²) in [6, 6.07) is 9.25. The fourth-order valence-corrected chi connectivity index (χ4v) is 3.59. The van der Waals surface area contributed by atoms with Crippen molar-refractivity contribution >= 4 is 31.1 Å². The van der Waals surface area contributed by atoms with Gasteiger partial charge in [-0.2, -0.15) is 0 Å². The molecule has 0 aliphatic heterocycles. The number of hydrogen-bond donors (Lipinski definition) is 0. The third kappa shape index (κ3) is 6.26. The lowest BCUT2D eigenvalue weighted by Crippen LogP contribution is -1.89. The van der Waals surface area contributed by atoms with Crippen molar-refractivity contribution in [3.63, 3.8) is 0 Å². The van der Waals surface area contributed by atoms with Crippen LogP contribution in [0.2, 0.25) is 4.55 Å². The number of unbranched alkanes of at least 4 members (excludes halogenated alkanes) is 2. The standard InChI is InChI=1S/C14H21.BrH.Mg/c1-3-5-7-13-9-11-14(12-10-13)8-6-4-2;;/h9-12H,1,3-8H2,2H3;1H;/q;;+1/p-1. The van der Waals surface area contributed by atoms with Gasteiger partial charge in [-0.05, 0) is 30.4 Å². The van der Waals surface area contributed by atoms with Gasteiger partial charge in [0.05, 0.1) is 0 Å². The highest BCUT2D eigenvalue weighted by Gasteiger charge is 1.96. The van der Waals surface area contributed by atoms with E-state index in [4.69, 9.17) is 0 Å². The van der Waals surface area contributed by atoms with Gasteiger partial charge < -0.3 is 12.9 Å². The average molecular weight is 294 g/mol. The molecule has 0 atom stereocenters. The maximum Gasteiger partial charge on any atom is 0.468 e. The summed E-state index contributed by atoms with van der Waals surface area (Å²) >= 11 is 3.72. The molecule has 0 unspecified atom stereocenters. The minimum atomic E-state index is 0.110. The van der Waals surface area contributed by atoms with Crippen LogP contribution in [0.1, 0.15) is 43.7 Å². The van der Waals surface area contributed by atoms with Gasteiger partial charge in [0, 0.05) is 0 Å². The molecule has 1 aromatic carbocycles. The lowest BCUT2D eigenvalue weighted by atomic mass is 10.0. The average Bonchev–Trinajstić information content (AvgIpc) is 2.33. The first-order valence-corrected chi connectivity index (χ1v) is 11.4. The van der Waals surface area contributed by atoms with E-state index in [1.165, 1.54) is 54.2 Å². The Morgan fingerprint density at radius 3 is 2.00 bits per heavy atom. The predicted octanol–water partition coefficient (Wildman–Crippen LogP) is 4.78. The SMILES string of the molecule is CCCCc1ccc(CCC[CH2][Mg][Br])cc1. The first-order chi connectivity index (χ1) is 7.86. The van der Waals surface area contributed by atoms with Crippen LogP contribution in [0.25, 0.3) is 0 Å². The van der Waals surface area contributed by atoms with E-state index in [-0.39, 0.29) is 18.2 Å². The van der Waals surface area contributed by atoms with Crippen molar-refractivity contribution in [2.45, 2.75) is 50.0 Å².